The van der Waals surface area contributed by atoms with Crippen LogP contribution < -0.4 is 5.32 Å². The maximum Gasteiger partial charge on any atom is 0.236 e. The van der Waals surface area contributed by atoms with Crippen LogP contribution >= 0.6 is 11.8 Å². The largest absolute Gasteiger partial charge is 0.338 e. The number of hydrogen-bond donors (Lipinski definition) is 1. The maximum atomic E-state index is 12.2. The van der Waals surface area contributed by atoms with Crippen molar-refractivity contribution in [1.29, 1.82) is 0 Å². The first-order valence-electron chi connectivity index (χ1n) is 8.37. The van der Waals surface area contributed by atoms with Crippen LogP contribution in [0.5, 0.6) is 0 Å². The molecule has 0 aliphatic heterocycles. The first kappa shape index (κ1) is 18.2. The van der Waals surface area contributed by atoms with Crippen LogP contribution in [0.3, 0.4) is 0 Å². The van der Waals surface area contributed by atoms with E-state index in [1.807, 2.05) is 63.2 Å². The SMILES string of the molecule is Cc1ccccc1-c1noc(CSCC(=O)Nc2c(C)cccc2C)n1. The fraction of sp³-hybridized carbons (Fsp3) is 0.250. The Morgan fingerprint density at radius 1 is 1.04 bits per heavy atom. The first-order valence-corrected chi connectivity index (χ1v) is 9.52. The third-order valence-electron chi connectivity index (χ3n) is 4.06. The summed E-state index contributed by atoms with van der Waals surface area (Å²) in [7, 11) is 0. The van der Waals surface area contributed by atoms with Gasteiger partial charge in [0, 0.05) is 11.3 Å². The van der Waals surface area contributed by atoms with Crippen molar-refractivity contribution in [2.24, 2.45) is 0 Å². The van der Waals surface area contributed by atoms with Gasteiger partial charge in [-0.3, -0.25) is 4.79 Å². The molecule has 0 bridgehead atoms. The summed E-state index contributed by atoms with van der Waals surface area (Å²) in [6.45, 7) is 5.99. The molecule has 0 spiro atoms. The number of aromatic nitrogens is 2. The quantitative estimate of drug-likeness (QED) is 0.693. The number of carbonyl (C=O) groups is 1. The highest BCUT2D eigenvalue weighted by atomic mass is 32.2. The van der Waals surface area contributed by atoms with Gasteiger partial charge in [-0.2, -0.15) is 4.98 Å². The van der Waals surface area contributed by atoms with E-state index in [1.165, 1.54) is 11.8 Å². The van der Waals surface area contributed by atoms with Gasteiger partial charge in [-0.1, -0.05) is 47.6 Å². The Kier molecular flexibility index (Phi) is 5.73. The molecule has 1 N–H and O–H groups in total. The van der Waals surface area contributed by atoms with E-state index in [4.69, 9.17) is 4.52 Å². The van der Waals surface area contributed by atoms with Gasteiger partial charge in [0.2, 0.25) is 17.6 Å². The van der Waals surface area contributed by atoms with Crippen LogP contribution in [-0.4, -0.2) is 21.8 Å². The molecule has 5 nitrogen and oxygen atoms in total. The van der Waals surface area contributed by atoms with Gasteiger partial charge in [-0.25, -0.2) is 0 Å². The second-order valence-corrected chi connectivity index (χ2v) is 7.12. The lowest BCUT2D eigenvalue weighted by Gasteiger charge is -2.10. The number of hydrogen-bond acceptors (Lipinski definition) is 5. The molecule has 0 saturated heterocycles. The molecule has 3 rings (SSSR count). The standard InChI is InChI=1S/C20H21N3O2S/c1-13-7-4-5-10-16(13)20-22-18(25-23-20)12-26-11-17(24)21-19-14(2)8-6-9-15(19)3/h4-10H,11-12H2,1-3H3,(H,21,24). The Morgan fingerprint density at radius 2 is 1.73 bits per heavy atom. The molecule has 0 radical (unpaired) electrons. The van der Waals surface area contributed by atoms with Gasteiger partial charge >= 0.3 is 0 Å². The van der Waals surface area contributed by atoms with Gasteiger partial charge in [0.15, 0.2) is 0 Å². The molecule has 1 amide bonds. The Morgan fingerprint density at radius 3 is 2.46 bits per heavy atom. The molecule has 134 valence electrons. The summed E-state index contributed by atoms with van der Waals surface area (Å²) in [5.74, 6) is 1.90. The van der Waals surface area contributed by atoms with Crippen molar-refractivity contribution in [3.8, 4) is 11.4 Å². The molecule has 26 heavy (non-hydrogen) atoms. The second kappa shape index (κ2) is 8.19. The summed E-state index contributed by atoms with van der Waals surface area (Å²) in [4.78, 5) is 16.6. The van der Waals surface area contributed by atoms with E-state index >= 15 is 0 Å². The van der Waals surface area contributed by atoms with Crippen LogP contribution in [0.15, 0.2) is 47.0 Å². The second-order valence-electron chi connectivity index (χ2n) is 6.13. The highest BCUT2D eigenvalue weighted by Gasteiger charge is 2.12. The Hall–Kier alpha value is -2.60. The number of thioether (sulfide) groups is 1. The summed E-state index contributed by atoms with van der Waals surface area (Å²) in [6, 6.07) is 13.9. The molecule has 2 aromatic carbocycles. The van der Waals surface area contributed by atoms with Crippen LogP contribution in [0.1, 0.15) is 22.6 Å². The number of nitrogens with one attached hydrogen (secondary N) is 1. The van der Waals surface area contributed by atoms with Crippen LogP contribution in [-0.2, 0) is 10.5 Å². The topological polar surface area (TPSA) is 68.0 Å². The molecule has 0 aliphatic rings. The average molecular weight is 367 g/mol. The van der Waals surface area contributed by atoms with Crippen LogP contribution in [0, 0.1) is 20.8 Å². The highest BCUT2D eigenvalue weighted by molar-refractivity contribution is 7.99. The molecule has 1 heterocycles. The number of para-hydroxylation sites is 1. The van der Waals surface area contributed by atoms with Crippen molar-refractivity contribution >= 4 is 23.4 Å². The predicted octanol–water partition coefficient (Wildman–Crippen LogP) is 4.53. The Labute approximate surface area is 157 Å². The van der Waals surface area contributed by atoms with E-state index in [2.05, 4.69) is 15.5 Å². The van der Waals surface area contributed by atoms with Crippen LogP contribution in [0.25, 0.3) is 11.4 Å². The zero-order chi connectivity index (χ0) is 18.5. The normalized spacial score (nSPS) is 10.7. The van der Waals surface area contributed by atoms with E-state index in [9.17, 15) is 4.79 Å². The number of rotatable bonds is 6. The molecule has 3 aromatic rings. The van der Waals surface area contributed by atoms with Crippen molar-refractivity contribution in [3.63, 3.8) is 0 Å². The minimum absolute atomic E-state index is 0.0361. The third kappa shape index (κ3) is 4.32. The van der Waals surface area contributed by atoms with Crippen molar-refractivity contribution in [2.45, 2.75) is 26.5 Å². The molecule has 0 aliphatic carbocycles. The van der Waals surface area contributed by atoms with E-state index < -0.39 is 0 Å². The average Bonchev–Trinajstić information content (AvgIpc) is 3.07. The third-order valence-corrected chi connectivity index (χ3v) is 4.98. The number of amides is 1. The van der Waals surface area contributed by atoms with E-state index in [0.717, 1.165) is 27.9 Å². The van der Waals surface area contributed by atoms with Gasteiger partial charge in [0.1, 0.15) is 0 Å². The van der Waals surface area contributed by atoms with Crippen molar-refractivity contribution in [1.82, 2.24) is 10.1 Å². The number of anilines is 1. The summed E-state index contributed by atoms with van der Waals surface area (Å²) in [5.41, 5.74) is 5.06. The van der Waals surface area contributed by atoms with E-state index in [-0.39, 0.29) is 5.91 Å². The van der Waals surface area contributed by atoms with Crippen molar-refractivity contribution < 1.29 is 9.32 Å². The summed E-state index contributed by atoms with van der Waals surface area (Å²) >= 11 is 1.45. The van der Waals surface area contributed by atoms with Crippen LogP contribution in [0.2, 0.25) is 0 Å². The minimum atomic E-state index is -0.0361. The van der Waals surface area contributed by atoms with Gasteiger partial charge in [-0.15, -0.1) is 11.8 Å². The van der Waals surface area contributed by atoms with Gasteiger partial charge < -0.3 is 9.84 Å². The molecular formula is C20H21N3O2S. The molecular weight excluding hydrogens is 346 g/mol. The molecule has 0 unspecified atom stereocenters. The van der Waals surface area contributed by atoms with Crippen LogP contribution in [0.4, 0.5) is 5.69 Å². The zero-order valence-electron chi connectivity index (χ0n) is 15.1. The molecule has 0 atom stereocenters. The van der Waals surface area contributed by atoms with Gasteiger partial charge in [0.05, 0.1) is 11.5 Å². The molecule has 6 heteroatoms. The van der Waals surface area contributed by atoms with Gasteiger partial charge in [0.25, 0.3) is 0 Å². The summed E-state index contributed by atoms with van der Waals surface area (Å²) in [5, 5.41) is 7.01. The number of benzene rings is 2. The Balaban J connectivity index is 1.54. The lowest BCUT2D eigenvalue weighted by molar-refractivity contribution is -0.113. The fourth-order valence-electron chi connectivity index (χ4n) is 2.66. The number of aryl methyl sites for hydroxylation is 3. The molecule has 0 fully saturated rings. The number of nitrogens with zero attached hydrogens (tertiary/aromatic N) is 2. The van der Waals surface area contributed by atoms with Crippen molar-refractivity contribution in [3.05, 3.63) is 65.0 Å². The zero-order valence-corrected chi connectivity index (χ0v) is 15.9. The Bertz CT molecular complexity index is 901. The smallest absolute Gasteiger partial charge is 0.236 e. The van der Waals surface area contributed by atoms with E-state index in [1.54, 1.807) is 0 Å². The van der Waals surface area contributed by atoms with E-state index in [0.29, 0.717) is 23.2 Å². The summed E-state index contributed by atoms with van der Waals surface area (Å²) in [6.07, 6.45) is 0. The van der Waals surface area contributed by atoms with Crippen molar-refractivity contribution in [2.75, 3.05) is 11.1 Å². The monoisotopic (exact) mass is 367 g/mol. The predicted molar refractivity (Wildman–Crippen MR) is 105 cm³/mol. The molecule has 1 aromatic heterocycles. The molecule has 0 saturated carbocycles. The lowest BCUT2D eigenvalue weighted by Crippen LogP contribution is -2.15. The highest BCUT2D eigenvalue weighted by Crippen LogP contribution is 2.22. The first-order chi connectivity index (χ1) is 12.5. The summed E-state index contributed by atoms with van der Waals surface area (Å²) < 4.78 is 5.30. The minimum Gasteiger partial charge on any atom is -0.338 e. The van der Waals surface area contributed by atoms with Gasteiger partial charge in [-0.05, 0) is 37.5 Å². The lowest BCUT2D eigenvalue weighted by atomic mass is 10.1. The maximum absolute atomic E-state index is 12.2. The fourth-order valence-corrected chi connectivity index (χ4v) is 3.32. The number of carbonyl (C=O) groups excluding carboxylic acids is 1.